The molecule has 0 bridgehead atoms. The molecule has 1 heterocycles. The maximum absolute atomic E-state index is 12.8. The molecule has 6 nitrogen and oxygen atoms in total. The Hall–Kier alpha value is -2.99. The number of hydrogen-bond donors (Lipinski definition) is 0. The predicted molar refractivity (Wildman–Crippen MR) is 108 cm³/mol. The minimum absolute atomic E-state index is 0.168. The Morgan fingerprint density at radius 3 is 2.57 bits per heavy atom. The van der Waals surface area contributed by atoms with Crippen LogP contribution in [0.1, 0.15) is 21.5 Å². The fourth-order valence-corrected chi connectivity index (χ4v) is 3.24. The van der Waals surface area contributed by atoms with Crippen molar-refractivity contribution < 1.29 is 14.3 Å². The monoisotopic (exact) mass is 399 g/mol. The van der Waals surface area contributed by atoms with Crippen LogP contribution in [0.5, 0.6) is 11.5 Å². The van der Waals surface area contributed by atoms with Gasteiger partial charge < -0.3 is 14.4 Å². The Kier molecular flexibility index (Phi) is 6.21. The largest absolute Gasteiger partial charge is 0.493 e. The Labute approximate surface area is 169 Å². The van der Waals surface area contributed by atoms with Crippen molar-refractivity contribution in [3.8, 4) is 11.5 Å². The number of aromatic nitrogens is 2. The van der Waals surface area contributed by atoms with Crippen LogP contribution in [0.15, 0.2) is 54.9 Å². The number of methoxy groups -OCH3 is 2. The molecule has 0 atom stereocenters. The van der Waals surface area contributed by atoms with E-state index >= 15 is 0 Å². The lowest BCUT2D eigenvalue weighted by Gasteiger charge is -2.18. The van der Waals surface area contributed by atoms with E-state index in [1.54, 1.807) is 30.3 Å². The first-order valence-electron chi connectivity index (χ1n) is 8.74. The fourth-order valence-electron chi connectivity index (χ4n) is 2.95. The molecule has 0 aliphatic rings. The SMILES string of the molecule is COc1cc(C(=O)N(C)Cc2cnn(Cc3ccccc3)c2)cc(Cl)c1OC. The summed E-state index contributed by atoms with van der Waals surface area (Å²) in [6, 6.07) is 13.3. The number of nitrogens with zero attached hydrogens (tertiary/aromatic N) is 3. The molecule has 0 radical (unpaired) electrons. The number of carbonyl (C=O) groups is 1. The Morgan fingerprint density at radius 1 is 1.14 bits per heavy atom. The molecule has 3 aromatic rings. The van der Waals surface area contributed by atoms with E-state index in [4.69, 9.17) is 21.1 Å². The number of carbonyl (C=O) groups excluding carboxylic acids is 1. The number of hydrogen-bond acceptors (Lipinski definition) is 4. The van der Waals surface area contributed by atoms with Gasteiger partial charge in [0, 0.05) is 30.9 Å². The lowest BCUT2D eigenvalue weighted by atomic mass is 10.1. The van der Waals surface area contributed by atoms with Crippen LogP contribution in [-0.2, 0) is 13.1 Å². The van der Waals surface area contributed by atoms with Crippen LogP contribution in [0.2, 0.25) is 5.02 Å². The van der Waals surface area contributed by atoms with E-state index in [9.17, 15) is 4.79 Å². The van der Waals surface area contributed by atoms with Gasteiger partial charge in [0.2, 0.25) is 0 Å². The van der Waals surface area contributed by atoms with Gasteiger partial charge in [0.05, 0.1) is 32.0 Å². The number of rotatable bonds is 7. The van der Waals surface area contributed by atoms with E-state index in [1.165, 1.54) is 19.8 Å². The van der Waals surface area contributed by atoms with E-state index in [0.29, 0.717) is 35.2 Å². The molecule has 1 amide bonds. The summed E-state index contributed by atoms with van der Waals surface area (Å²) >= 11 is 6.21. The highest BCUT2D eigenvalue weighted by molar-refractivity contribution is 6.32. The molecule has 0 spiro atoms. The smallest absolute Gasteiger partial charge is 0.254 e. The number of halogens is 1. The van der Waals surface area contributed by atoms with Crippen LogP contribution in [-0.4, -0.2) is 41.9 Å². The third kappa shape index (κ3) is 4.46. The molecule has 1 aromatic heterocycles. The normalized spacial score (nSPS) is 10.6. The van der Waals surface area contributed by atoms with Crippen molar-refractivity contribution in [3.05, 3.63) is 76.6 Å². The van der Waals surface area contributed by atoms with E-state index in [1.807, 2.05) is 29.1 Å². The zero-order valence-corrected chi connectivity index (χ0v) is 16.8. The fraction of sp³-hybridized carbons (Fsp3) is 0.238. The Balaban J connectivity index is 1.70. The number of amides is 1. The molecule has 0 saturated heterocycles. The van der Waals surface area contributed by atoms with Gasteiger partial charge in [-0.05, 0) is 17.7 Å². The van der Waals surface area contributed by atoms with Gasteiger partial charge >= 0.3 is 0 Å². The van der Waals surface area contributed by atoms with Gasteiger partial charge in [0.25, 0.3) is 5.91 Å². The zero-order chi connectivity index (χ0) is 20.1. The molecule has 0 saturated carbocycles. The van der Waals surface area contributed by atoms with Gasteiger partial charge in [-0.2, -0.15) is 5.10 Å². The quantitative estimate of drug-likeness (QED) is 0.605. The molecule has 7 heteroatoms. The molecule has 0 aliphatic carbocycles. The van der Waals surface area contributed by atoms with Gasteiger partial charge in [0.15, 0.2) is 11.5 Å². The van der Waals surface area contributed by atoms with Crippen LogP contribution >= 0.6 is 11.6 Å². The van der Waals surface area contributed by atoms with Gasteiger partial charge in [-0.3, -0.25) is 9.48 Å². The molecule has 2 aromatic carbocycles. The molecule has 0 aliphatic heterocycles. The van der Waals surface area contributed by atoms with Gasteiger partial charge in [-0.25, -0.2) is 0 Å². The van der Waals surface area contributed by atoms with Crippen molar-refractivity contribution in [2.24, 2.45) is 0 Å². The lowest BCUT2D eigenvalue weighted by molar-refractivity contribution is 0.0784. The van der Waals surface area contributed by atoms with Gasteiger partial charge in [-0.15, -0.1) is 0 Å². The van der Waals surface area contributed by atoms with Crippen LogP contribution in [0.4, 0.5) is 0 Å². The maximum Gasteiger partial charge on any atom is 0.254 e. The first-order chi connectivity index (χ1) is 13.5. The second-order valence-corrected chi connectivity index (χ2v) is 6.79. The minimum Gasteiger partial charge on any atom is -0.493 e. The average molecular weight is 400 g/mol. The second kappa shape index (κ2) is 8.80. The second-order valence-electron chi connectivity index (χ2n) is 6.39. The summed E-state index contributed by atoms with van der Waals surface area (Å²) in [5.41, 5.74) is 2.54. The summed E-state index contributed by atoms with van der Waals surface area (Å²) in [5, 5.41) is 4.71. The molecule has 0 N–H and O–H groups in total. The maximum atomic E-state index is 12.8. The third-order valence-corrected chi connectivity index (χ3v) is 4.60. The van der Waals surface area contributed by atoms with E-state index in [0.717, 1.165) is 5.56 Å². The summed E-state index contributed by atoms with van der Waals surface area (Å²) in [6.07, 6.45) is 3.71. The van der Waals surface area contributed by atoms with Gasteiger partial charge in [-0.1, -0.05) is 41.9 Å². The summed E-state index contributed by atoms with van der Waals surface area (Å²) in [5.74, 6) is 0.659. The minimum atomic E-state index is -0.168. The van der Waals surface area contributed by atoms with Crippen LogP contribution in [0.25, 0.3) is 0 Å². The average Bonchev–Trinajstić information content (AvgIpc) is 3.14. The first-order valence-corrected chi connectivity index (χ1v) is 9.12. The molecule has 3 rings (SSSR count). The Bertz CT molecular complexity index is 957. The van der Waals surface area contributed by atoms with Crippen molar-refractivity contribution in [1.82, 2.24) is 14.7 Å². The van der Waals surface area contributed by atoms with Crippen LogP contribution in [0, 0.1) is 0 Å². The van der Waals surface area contributed by atoms with Crippen LogP contribution < -0.4 is 9.47 Å². The topological polar surface area (TPSA) is 56.6 Å². The lowest BCUT2D eigenvalue weighted by Crippen LogP contribution is -2.26. The summed E-state index contributed by atoms with van der Waals surface area (Å²) in [6.45, 7) is 1.11. The van der Waals surface area contributed by atoms with Crippen molar-refractivity contribution in [3.63, 3.8) is 0 Å². The summed E-state index contributed by atoms with van der Waals surface area (Å²) < 4.78 is 12.3. The van der Waals surface area contributed by atoms with Crippen molar-refractivity contribution in [1.29, 1.82) is 0 Å². The van der Waals surface area contributed by atoms with E-state index in [2.05, 4.69) is 17.2 Å². The van der Waals surface area contributed by atoms with Crippen molar-refractivity contribution >= 4 is 17.5 Å². The highest BCUT2D eigenvalue weighted by atomic mass is 35.5. The van der Waals surface area contributed by atoms with Crippen LogP contribution in [0.3, 0.4) is 0 Å². The highest BCUT2D eigenvalue weighted by Crippen LogP contribution is 2.36. The van der Waals surface area contributed by atoms with Crippen molar-refractivity contribution in [2.75, 3.05) is 21.3 Å². The predicted octanol–water partition coefficient (Wildman–Crippen LogP) is 3.87. The third-order valence-electron chi connectivity index (χ3n) is 4.32. The molecule has 28 heavy (non-hydrogen) atoms. The number of ether oxygens (including phenoxy) is 2. The van der Waals surface area contributed by atoms with E-state index in [-0.39, 0.29) is 5.91 Å². The molecule has 0 unspecified atom stereocenters. The van der Waals surface area contributed by atoms with E-state index < -0.39 is 0 Å². The van der Waals surface area contributed by atoms with Gasteiger partial charge in [0.1, 0.15) is 0 Å². The Morgan fingerprint density at radius 2 is 1.89 bits per heavy atom. The summed E-state index contributed by atoms with van der Waals surface area (Å²) in [4.78, 5) is 14.4. The number of benzene rings is 2. The van der Waals surface area contributed by atoms with Crippen molar-refractivity contribution in [2.45, 2.75) is 13.1 Å². The molecule has 0 fully saturated rings. The molecular formula is C21H22ClN3O3. The standard InChI is InChI=1S/C21H22ClN3O3/c1-24(21(26)17-9-18(22)20(28-3)19(10-17)27-2)12-16-11-23-25(14-16)13-15-7-5-4-6-8-15/h4-11,14H,12-13H2,1-3H3. The summed E-state index contributed by atoms with van der Waals surface area (Å²) in [7, 11) is 4.75. The molecular weight excluding hydrogens is 378 g/mol. The zero-order valence-electron chi connectivity index (χ0n) is 16.1. The highest BCUT2D eigenvalue weighted by Gasteiger charge is 2.18. The first kappa shape index (κ1) is 19.8. The molecule has 146 valence electrons.